The Morgan fingerprint density at radius 3 is 2.56 bits per heavy atom. The molecule has 0 radical (unpaired) electrons. The standard InChI is InChI=1S/C15H23NO2/c1-5-10-15(4,14(17)18)16-12(3)13-9-7-6-8-11(13)2/h6-9,12,16H,5,10H2,1-4H3,(H,17,18). The second-order valence-electron chi connectivity index (χ2n) is 5.11. The summed E-state index contributed by atoms with van der Waals surface area (Å²) in [5.74, 6) is -0.787. The van der Waals surface area contributed by atoms with Crippen LogP contribution in [0, 0.1) is 6.92 Å². The van der Waals surface area contributed by atoms with E-state index in [0.717, 1.165) is 12.0 Å². The van der Waals surface area contributed by atoms with Crippen molar-refractivity contribution in [2.24, 2.45) is 0 Å². The molecule has 0 aliphatic heterocycles. The van der Waals surface area contributed by atoms with E-state index in [1.54, 1.807) is 6.92 Å². The number of nitrogens with one attached hydrogen (secondary N) is 1. The van der Waals surface area contributed by atoms with Crippen LogP contribution >= 0.6 is 0 Å². The lowest BCUT2D eigenvalue weighted by atomic mass is 9.93. The molecular formula is C15H23NO2. The van der Waals surface area contributed by atoms with Gasteiger partial charge in [-0.15, -0.1) is 0 Å². The SMILES string of the molecule is CCCC(C)(NC(C)c1ccccc1C)C(=O)O. The van der Waals surface area contributed by atoms with Crippen molar-refractivity contribution in [2.45, 2.75) is 52.1 Å². The second kappa shape index (κ2) is 6.01. The van der Waals surface area contributed by atoms with Crippen LogP contribution in [0.25, 0.3) is 0 Å². The van der Waals surface area contributed by atoms with E-state index >= 15 is 0 Å². The predicted molar refractivity (Wildman–Crippen MR) is 73.7 cm³/mol. The summed E-state index contributed by atoms with van der Waals surface area (Å²) >= 11 is 0. The number of aliphatic carboxylic acids is 1. The van der Waals surface area contributed by atoms with Crippen molar-refractivity contribution in [1.29, 1.82) is 0 Å². The van der Waals surface area contributed by atoms with Gasteiger partial charge in [0.25, 0.3) is 0 Å². The van der Waals surface area contributed by atoms with Crippen LogP contribution in [-0.4, -0.2) is 16.6 Å². The van der Waals surface area contributed by atoms with Crippen molar-refractivity contribution in [3.8, 4) is 0 Å². The molecule has 0 saturated heterocycles. The van der Waals surface area contributed by atoms with Gasteiger partial charge < -0.3 is 5.11 Å². The molecule has 0 fully saturated rings. The number of aryl methyl sites for hydroxylation is 1. The quantitative estimate of drug-likeness (QED) is 0.813. The van der Waals surface area contributed by atoms with Crippen LogP contribution in [0.5, 0.6) is 0 Å². The molecule has 0 amide bonds. The van der Waals surface area contributed by atoms with Crippen LogP contribution in [0.4, 0.5) is 0 Å². The first-order chi connectivity index (χ1) is 8.40. The van der Waals surface area contributed by atoms with Gasteiger partial charge in [-0.3, -0.25) is 10.1 Å². The van der Waals surface area contributed by atoms with Gasteiger partial charge in [-0.05, 0) is 38.3 Å². The maximum absolute atomic E-state index is 11.4. The summed E-state index contributed by atoms with van der Waals surface area (Å²) in [6, 6.07) is 8.10. The van der Waals surface area contributed by atoms with Crippen LogP contribution in [0.1, 0.15) is 50.8 Å². The van der Waals surface area contributed by atoms with Crippen LogP contribution in [0.3, 0.4) is 0 Å². The van der Waals surface area contributed by atoms with Crippen molar-refractivity contribution in [1.82, 2.24) is 5.32 Å². The molecule has 1 aromatic rings. The van der Waals surface area contributed by atoms with E-state index in [2.05, 4.69) is 5.32 Å². The average Bonchev–Trinajstić information content (AvgIpc) is 2.29. The van der Waals surface area contributed by atoms with Crippen LogP contribution in [-0.2, 0) is 4.79 Å². The van der Waals surface area contributed by atoms with Crippen molar-refractivity contribution < 1.29 is 9.90 Å². The Morgan fingerprint density at radius 1 is 1.44 bits per heavy atom. The van der Waals surface area contributed by atoms with E-state index < -0.39 is 11.5 Å². The van der Waals surface area contributed by atoms with Gasteiger partial charge in [0.05, 0.1) is 0 Å². The van der Waals surface area contributed by atoms with Gasteiger partial charge in [-0.2, -0.15) is 0 Å². The van der Waals surface area contributed by atoms with Crippen molar-refractivity contribution in [3.05, 3.63) is 35.4 Å². The maximum atomic E-state index is 11.4. The molecule has 18 heavy (non-hydrogen) atoms. The molecule has 1 aromatic carbocycles. The van der Waals surface area contributed by atoms with E-state index in [1.807, 2.05) is 45.0 Å². The lowest BCUT2D eigenvalue weighted by Gasteiger charge is -2.30. The summed E-state index contributed by atoms with van der Waals surface area (Å²) in [6.45, 7) is 7.82. The fraction of sp³-hybridized carbons (Fsp3) is 0.533. The Kier molecular flexibility index (Phi) is 4.91. The van der Waals surface area contributed by atoms with Gasteiger partial charge in [0.1, 0.15) is 5.54 Å². The number of rotatable bonds is 6. The third kappa shape index (κ3) is 3.33. The number of benzene rings is 1. The molecule has 0 aliphatic rings. The van der Waals surface area contributed by atoms with E-state index in [9.17, 15) is 9.90 Å². The predicted octanol–water partition coefficient (Wildman–Crippen LogP) is 3.29. The normalized spacial score (nSPS) is 16.0. The second-order valence-corrected chi connectivity index (χ2v) is 5.11. The lowest BCUT2D eigenvalue weighted by molar-refractivity contribution is -0.144. The highest BCUT2D eigenvalue weighted by molar-refractivity contribution is 5.78. The minimum absolute atomic E-state index is 0.0267. The number of carbonyl (C=O) groups is 1. The maximum Gasteiger partial charge on any atom is 0.323 e. The zero-order valence-electron chi connectivity index (χ0n) is 11.7. The molecule has 1 rings (SSSR count). The summed E-state index contributed by atoms with van der Waals surface area (Å²) in [4.78, 5) is 11.4. The van der Waals surface area contributed by atoms with Gasteiger partial charge in [-0.25, -0.2) is 0 Å². The highest BCUT2D eigenvalue weighted by Crippen LogP contribution is 2.22. The summed E-state index contributed by atoms with van der Waals surface area (Å²) in [5, 5.41) is 12.6. The lowest BCUT2D eigenvalue weighted by Crippen LogP contribution is -2.50. The molecule has 0 aromatic heterocycles. The van der Waals surface area contributed by atoms with Crippen LogP contribution in [0.15, 0.2) is 24.3 Å². The monoisotopic (exact) mass is 249 g/mol. The summed E-state index contributed by atoms with van der Waals surface area (Å²) in [6.07, 6.45) is 1.47. The van der Waals surface area contributed by atoms with Gasteiger partial charge in [-0.1, -0.05) is 37.6 Å². The van der Waals surface area contributed by atoms with Gasteiger partial charge in [0.2, 0.25) is 0 Å². The summed E-state index contributed by atoms with van der Waals surface area (Å²) in [7, 11) is 0. The number of carboxylic acids is 1. The summed E-state index contributed by atoms with van der Waals surface area (Å²) in [5.41, 5.74) is 1.47. The topological polar surface area (TPSA) is 49.3 Å². The van der Waals surface area contributed by atoms with E-state index in [0.29, 0.717) is 6.42 Å². The Bertz CT molecular complexity index is 417. The van der Waals surface area contributed by atoms with Crippen molar-refractivity contribution >= 4 is 5.97 Å². The van der Waals surface area contributed by atoms with E-state index in [-0.39, 0.29) is 6.04 Å². The van der Waals surface area contributed by atoms with Gasteiger partial charge in [0.15, 0.2) is 0 Å². The van der Waals surface area contributed by atoms with Gasteiger partial charge in [0, 0.05) is 6.04 Å². The molecule has 3 nitrogen and oxygen atoms in total. The number of carboxylic acid groups (broad SMARTS) is 1. The Hall–Kier alpha value is -1.35. The van der Waals surface area contributed by atoms with E-state index in [1.165, 1.54) is 5.56 Å². The highest BCUT2D eigenvalue weighted by Gasteiger charge is 2.33. The third-order valence-corrected chi connectivity index (χ3v) is 3.41. The molecule has 3 heteroatoms. The molecule has 0 aliphatic carbocycles. The van der Waals surface area contributed by atoms with Crippen molar-refractivity contribution in [2.75, 3.05) is 0 Å². The zero-order valence-corrected chi connectivity index (χ0v) is 11.7. The number of hydrogen-bond acceptors (Lipinski definition) is 2. The zero-order chi connectivity index (χ0) is 13.8. The molecule has 0 saturated carbocycles. The average molecular weight is 249 g/mol. The molecular weight excluding hydrogens is 226 g/mol. The molecule has 0 heterocycles. The van der Waals surface area contributed by atoms with Crippen LogP contribution in [0.2, 0.25) is 0 Å². The largest absolute Gasteiger partial charge is 0.480 e. The highest BCUT2D eigenvalue weighted by atomic mass is 16.4. The molecule has 100 valence electrons. The first-order valence-corrected chi connectivity index (χ1v) is 6.47. The molecule has 2 atom stereocenters. The van der Waals surface area contributed by atoms with Crippen molar-refractivity contribution in [3.63, 3.8) is 0 Å². The van der Waals surface area contributed by atoms with Crippen LogP contribution < -0.4 is 5.32 Å². The molecule has 2 N–H and O–H groups in total. The molecule has 0 spiro atoms. The summed E-state index contributed by atoms with van der Waals surface area (Å²) < 4.78 is 0. The number of hydrogen-bond donors (Lipinski definition) is 2. The Labute approximate surface area is 109 Å². The van der Waals surface area contributed by atoms with Gasteiger partial charge >= 0.3 is 5.97 Å². The Balaban J connectivity index is 2.89. The van der Waals surface area contributed by atoms with E-state index in [4.69, 9.17) is 0 Å². The smallest absolute Gasteiger partial charge is 0.323 e. The minimum Gasteiger partial charge on any atom is -0.480 e. The molecule has 2 unspecified atom stereocenters. The minimum atomic E-state index is -0.865. The first-order valence-electron chi connectivity index (χ1n) is 6.47. The third-order valence-electron chi connectivity index (χ3n) is 3.41. The Morgan fingerprint density at radius 2 is 2.06 bits per heavy atom. The fourth-order valence-electron chi connectivity index (χ4n) is 2.37. The first kappa shape index (κ1) is 14.7. The fourth-order valence-corrected chi connectivity index (χ4v) is 2.37. The molecule has 0 bridgehead atoms.